The number of aromatic nitrogens is 2. The quantitative estimate of drug-likeness (QED) is 0.838. The number of hydrogen-bond acceptors (Lipinski definition) is 4. The van der Waals surface area contributed by atoms with Crippen molar-refractivity contribution in [2.75, 3.05) is 5.32 Å². The maximum atomic E-state index is 12.5. The molecule has 1 unspecified atom stereocenters. The molecule has 8 heteroatoms. The van der Waals surface area contributed by atoms with E-state index in [1.807, 2.05) is 0 Å². The summed E-state index contributed by atoms with van der Waals surface area (Å²) < 4.78 is 37.4. The standard InChI is InChI=1S/C10H13ClF3N3O/c1-5(18)9(2,3)17-7-4-6(11)15-8(16-7)10(12,13)14/h4-5,18H,1-3H3,(H,15,16,17). The zero-order valence-corrected chi connectivity index (χ0v) is 10.8. The summed E-state index contributed by atoms with van der Waals surface area (Å²) in [6.45, 7) is 4.77. The van der Waals surface area contributed by atoms with E-state index in [2.05, 4.69) is 15.3 Å². The van der Waals surface area contributed by atoms with E-state index in [-0.39, 0.29) is 11.0 Å². The summed E-state index contributed by atoms with van der Waals surface area (Å²) in [6.07, 6.45) is -5.46. The topological polar surface area (TPSA) is 58.0 Å². The number of hydrogen-bond donors (Lipinski definition) is 2. The number of aliphatic hydroxyl groups excluding tert-OH is 1. The summed E-state index contributed by atoms with van der Waals surface area (Å²) >= 11 is 5.51. The first-order valence-electron chi connectivity index (χ1n) is 5.10. The molecule has 0 saturated heterocycles. The fourth-order valence-electron chi connectivity index (χ4n) is 1.04. The van der Waals surface area contributed by atoms with Gasteiger partial charge in [0.15, 0.2) is 0 Å². The molecule has 1 rings (SSSR count). The van der Waals surface area contributed by atoms with Crippen LogP contribution in [0.3, 0.4) is 0 Å². The zero-order chi connectivity index (χ0) is 14.1. The molecule has 0 aliphatic rings. The highest BCUT2D eigenvalue weighted by atomic mass is 35.5. The van der Waals surface area contributed by atoms with Crippen LogP contribution in [0.2, 0.25) is 5.15 Å². The van der Waals surface area contributed by atoms with Gasteiger partial charge in [0.2, 0.25) is 5.82 Å². The second kappa shape index (κ2) is 4.89. The Balaban J connectivity index is 3.08. The Kier molecular flexibility index (Phi) is 4.07. The molecule has 0 aliphatic heterocycles. The molecule has 0 saturated carbocycles. The molecular weight excluding hydrogens is 271 g/mol. The smallest absolute Gasteiger partial charge is 0.391 e. The average Bonchev–Trinajstić information content (AvgIpc) is 2.13. The largest absolute Gasteiger partial charge is 0.451 e. The maximum absolute atomic E-state index is 12.5. The molecule has 102 valence electrons. The van der Waals surface area contributed by atoms with Crippen LogP contribution in [0.4, 0.5) is 19.0 Å². The van der Waals surface area contributed by atoms with E-state index >= 15 is 0 Å². The van der Waals surface area contributed by atoms with Crippen LogP contribution in [-0.4, -0.2) is 26.7 Å². The van der Waals surface area contributed by atoms with Crippen molar-refractivity contribution in [2.24, 2.45) is 0 Å². The second-order valence-corrected chi connectivity index (χ2v) is 4.81. The lowest BCUT2D eigenvalue weighted by Gasteiger charge is -2.30. The van der Waals surface area contributed by atoms with E-state index in [1.54, 1.807) is 13.8 Å². The number of nitrogens with zero attached hydrogens (tertiary/aromatic N) is 2. The molecule has 0 fully saturated rings. The molecule has 0 aliphatic carbocycles. The van der Waals surface area contributed by atoms with Gasteiger partial charge in [0.25, 0.3) is 0 Å². The molecule has 18 heavy (non-hydrogen) atoms. The van der Waals surface area contributed by atoms with Crippen molar-refractivity contribution in [2.45, 2.75) is 38.6 Å². The average molecular weight is 284 g/mol. The van der Waals surface area contributed by atoms with E-state index in [0.717, 1.165) is 0 Å². The lowest BCUT2D eigenvalue weighted by Crippen LogP contribution is -2.42. The highest BCUT2D eigenvalue weighted by Crippen LogP contribution is 2.29. The molecule has 4 nitrogen and oxygen atoms in total. The number of anilines is 1. The first kappa shape index (κ1) is 15.0. The van der Waals surface area contributed by atoms with Gasteiger partial charge < -0.3 is 10.4 Å². The molecule has 0 radical (unpaired) electrons. The van der Waals surface area contributed by atoms with Crippen molar-refractivity contribution in [3.63, 3.8) is 0 Å². The van der Waals surface area contributed by atoms with Gasteiger partial charge in [-0.3, -0.25) is 0 Å². The predicted octanol–water partition coefficient (Wildman–Crippen LogP) is 2.72. The normalized spacial score (nSPS) is 14.4. The fraction of sp³-hybridized carbons (Fsp3) is 0.600. The van der Waals surface area contributed by atoms with Gasteiger partial charge in [-0.1, -0.05) is 11.6 Å². The number of nitrogens with one attached hydrogen (secondary N) is 1. The number of halogens is 4. The predicted molar refractivity (Wildman–Crippen MR) is 61.4 cm³/mol. The van der Waals surface area contributed by atoms with E-state index in [9.17, 15) is 18.3 Å². The minimum Gasteiger partial charge on any atom is -0.391 e. The van der Waals surface area contributed by atoms with Crippen LogP contribution in [0.25, 0.3) is 0 Å². The Morgan fingerprint density at radius 1 is 1.33 bits per heavy atom. The van der Waals surface area contributed by atoms with Gasteiger partial charge in [-0.25, -0.2) is 9.97 Å². The van der Waals surface area contributed by atoms with Crippen LogP contribution in [0, 0.1) is 0 Å². The van der Waals surface area contributed by atoms with E-state index in [4.69, 9.17) is 11.6 Å². The highest BCUT2D eigenvalue weighted by molar-refractivity contribution is 6.29. The van der Waals surface area contributed by atoms with Gasteiger partial charge in [-0.15, -0.1) is 0 Å². The summed E-state index contributed by atoms with van der Waals surface area (Å²) in [6, 6.07) is 1.17. The highest BCUT2D eigenvalue weighted by Gasteiger charge is 2.36. The Labute approximate surface area is 107 Å². The number of rotatable bonds is 3. The van der Waals surface area contributed by atoms with Crippen molar-refractivity contribution >= 4 is 17.4 Å². The van der Waals surface area contributed by atoms with Crippen molar-refractivity contribution in [1.29, 1.82) is 0 Å². The fourth-order valence-corrected chi connectivity index (χ4v) is 1.23. The number of aliphatic hydroxyl groups is 1. The molecular formula is C10H13ClF3N3O. The summed E-state index contributed by atoms with van der Waals surface area (Å²) in [5.74, 6) is -1.41. The summed E-state index contributed by atoms with van der Waals surface area (Å²) in [4.78, 5) is 6.44. The van der Waals surface area contributed by atoms with Gasteiger partial charge >= 0.3 is 6.18 Å². The van der Waals surface area contributed by atoms with Crippen LogP contribution < -0.4 is 5.32 Å². The monoisotopic (exact) mass is 283 g/mol. The van der Waals surface area contributed by atoms with Gasteiger partial charge in [0, 0.05) is 6.07 Å². The molecule has 0 amide bonds. The lowest BCUT2D eigenvalue weighted by atomic mass is 9.99. The molecule has 1 aromatic heterocycles. The van der Waals surface area contributed by atoms with Crippen LogP contribution in [0.1, 0.15) is 26.6 Å². The molecule has 0 spiro atoms. The van der Waals surface area contributed by atoms with Crippen molar-refractivity contribution in [1.82, 2.24) is 9.97 Å². The minimum absolute atomic E-state index is 0.0896. The van der Waals surface area contributed by atoms with Crippen LogP contribution >= 0.6 is 11.6 Å². The van der Waals surface area contributed by atoms with E-state index in [0.29, 0.717) is 0 Å². The van der Waals surface area contributed by atoms with Crippen LogP contribution in [0.15, 0.2) is 6.07 Å². The Morgan fingerprint density at radius 3 is 2.33 bits per heavy atom. The van der Waals surface area contributed by atoms with Gasteiger partial charge in [0.05, 0.1) is 11.6 Å². The molecule has 1 heterocycles. The summed E-state index contributed by atoms with van der Waals surface area (Å²) in [7, 11) is 0. The minimum atomic E-state index is -4.67. The van der Waals surface area contributed by atoms with Crippen LogP contribution in [0.5, 0.6) is 0 Å². The third-order valence-corrected chi connectivity index (χ3v) is 2.64. The third kappa shape index (κ3) is 3.71. The first-order chi connectivity index (χ1) is 8.02. The molecule has 0 bridgehead atoms. The third-order valence-electron chi connectivity index (χ3n) is 2.44. The Hall–Kier alpha value is -1.08. The Bertz CT molecular complexity index is 435. The summed E-state index contributed by atoms with van der Waals surface area (Å²) in [5, 5.41) is 11.8. The van der Waals surface area contributed by atoms with Gasteiger partial charge in [-0.2, -0.15) is 13.2 Å². The lowest BCUT2D eigenvalue weighted by molar-refractivity contribution is -0.144. The van der Waals surface area contributed by atoms with Crippen molar-refractivity contribution < 1.29 is 18.3 Å². The van der Waals surface area contributed by atoms with Crippen molar-refractivity contribution in [3.05, 3.63) is 17.0 Å². The molecule has 1 aromatic rings. The SMILES string of the molecule is CC(O)C(C)(C)Nc1cc(Cl)nc(C(F)(F)F)n1. The maximum Gasteiger partial charge on any atom is 0.451 e. The second-order valence-electron chi connectivity index (χ2n) is 4.42. The van der Waals surface area contributed by atoms with Crippen LogP contribution in [-0.2, 0) is 6.18 Å². The zero-order valence-electron chi connectivity index (χ0n) is 10.0. The van der Waals surface area contributed by atoms with Gasteiger partial charge in [-0.05, 0) is 20.8 Å². The first-order valence-corrected chi connectivity index (χ1v) is 5.48. The van der Waals surface area contributed by atoms with Crippen molar-refractivity contribution in [3.8, 4) is 0 Å². The van der Waals surface area contributed by atoms with E-state index < -0.39 is 23.6 Å². The Morgan fingerprint density at radius 2 is 1.89 bits per heavy atom. The van der Waals surface area contributed by atoms with E-state index in [1.165, 1.54) is 13.0 Å². The summed E-state index contributed by atoms with van der Waals surface area (Å²) in [5.41, 5.74) is -0.847. The molecule has 2 N–H and O–H groups in total. The van der Waals surface area contributed by atoms with Gasteiger partial charge in [0.1, 0.15) is 11.0 Å². The molecule has 0 aromatic carbocycles. The number of alkyl halides is 3. The molecule has 1 atom stereocenters.